The van der Waals surface area contributed by atoms with Gasteiger partial charge in [0.1, 0.15) is 0 Å². The van der Waals surface area contributed by atoms with E-state index in [4.69, 9.17) is 29.6 Å². The monoisotopic (exact) mass is 254 g/mol. The third-order valence-corrected chi connectivity index (χ3v) is 2.99. The van der Waals surface area contributed by atoms with Crippen molar-refractivity contribution in [1.29, 1.82) is 0 Å². The summed E-state index contributed by atoms with van der Waals surface area (Å²) in [5.74, 6) is 2.39. The molecule has 0 bridgehead atoms. The molecule has 0 unspecified atom stereocenters. The number of carbonyl (C=O) groups excluding carboxylic acids is 1. The van der Waals surface area contributed by atoms with Crippen LogP contribution in [0.3, 0.4) is 0 Å². The molecule has 0 radical (unpaired) electrons. The Balaban J connectivity index is 2.49. The zero-order valence-corrected chi connectivity index (χ0v) is 9.77. The van der Waals surface area contributed by atoms with Gasteiger partial charge >= 0.3 is 0 Å². The van der Waals surface area contributed by atoms with E-state index in [1.54, 1.807) is 17.0 Å². The zero-order chi connectivity index (χ0) is 11.7. The molecule has 1 aromatic carbocycles. The number of anilines is 2. The van der Waals surface area contributed by atoms with Crippen LogP contribution < -0.4 is 10.2 Å². The molecule has 1 amide bonds. The predicted molar refractivity (Wildman–Crippen MR) is 66.1 cm³/mol. The van der Waals surface area contributed by atoms with E-state index in [0.717, 1.165) is 5.69 Å². The lowest BCUT2D eigenvalue weighted by molar-refractivity contribution is -0.115. The highest BCUT2D eigenvalue weighted by atomic mass is 35.5. The number of fused-ring (bicyclic) bond motifs is 1. The number of benzene rings is 1. The molecule has 0 aliphatic carbocycles. The molecular formula is C11H8Cl2N2O. The van der Waals surface area contributed by atoms with Gasteiger partial charge in [0, 0.05) is 0 Å². The second-order valence-corrected chi connectivity index (χ2v) is 4.21. The maximum absolute atomic E-state index is 11.4. The van der Waals surface area contributed by atoms with Crippen molar-refractivity contribution in [2.75, 3.05) is 23.3 Å². The molecule has 82 valence electrons. The van der Waals surface area contributed by atoms with E-state index < -0.39 is 0 Å². The summed E-state index contributed by atoms with van der Waals surface area (Å²) in [6.07, 6.45) is 5.25. The first-order valence-electron chi connectivity index (χ1n) is 4.59. The van der Waals surface area contributed by atoms with Crippen LogP contribution >= 0.6 is 23.2 Å². The van der Waals surface area contributed by atoms with Gasteiger partial charge in [0.15, 0.2) is 0 Å². The first kappa shape index (κ1) is 11.1. The fourth-order valence-electron chi connectivity index (χ4n) is 1.60. The lowest BCUT2D eigenvalue weighted by Gasteiger charge is -2.29. The normalized spacial score (nSPS) is 14.1. The summed E-state index contributed by atoms with van der Waals surface area (Å²) < 4.78 is 0. The fraction of sp³-hybridized carbons (Fsp3) is 0.182. The van der Waals surface area contributed by atoms with Gasteiger partial charge in [-0.2, -0.15) is 0 Å². The Labute approximate surface area is 103 Å². The molecule has 0 fully saturated rings. The van der Waals surface area contributed by atoms with E-state index in [-0.39, 0.29) is 12.5 Å². The largest absolute Gasteiger partial charge is 0.349 e. The predicted octanol–water partition coefficient (Wildman–Crippen LogP) is 2.39. The van der Waals surface area contributed by atoms with Gasteiger partial charge < -0.3 is 10.2 Å². The molecule has 0 saturated heterocycles. The maximum Gasteiger partial charge on any atom is 0.243 e. The molecule has 1 heterocycles. The number of terminal acetylenes is 1. The molecule has 3 nitrogen and oxygen atoms in total. The van der Waals surface area contributed by atoms with Crippen LogP contribution in [0.1, 0.15) is 0 Å². The Morgan fingerprint density at radius 3 is 2.81 bits per heavy atom. The maximum atomic E-state index is 11.4. The topological polar surface area (TPSA) is 32.3 Å². The van der Waals surface area contributed by atoms with Gasteiger partial charge in [0.05, 0.1) is 34.5 Å². The molecule has 2 rings (SSSR count). The van der Waals surface area contributed by atoms with Gasteiger partial charge in [-0.25, -0.2) is 0 Å². The summed E-state index contributed by atoms with van der Waals surface area (Å²) in [5.41, 5.74) is 1.44. The van der Waals surface area contributed by atoms with E-state index >= 15 is 0 Å². The summed E-state index contributed by atoms with van der Waals surface area (Å²) >= 11 is 11.8. The van der Waals surface area contributed by atoms with Crippen LogP contribution in [0.5, 0.6) is 0 Å². The number of halogens is 2. The highest BCUT2D eigenvalue weighted by Crippen LogP contribution is 2.36. The van der Waals surface area contributed by atoms with Gasteiger partial charge in [-0.15, -0.1) is 6.42 Å². The highest BCUT2D eigenvalue weighted by Gasteiger charge is 2.22. The summed E-state index contributed by atoms with van der Waals surface area (Å²) in [7, 11) is 0. The average Bonchev–Trinajstić information content (AvgIpc) is 2.21. The van der Waals surface area contributed by atoms with E-state index in [2.05, 4.69) is 11.2 Å². The number of rotatable bonds is 1. The Bertz CT molecular complexity index is 493. The van der Waals surface area contributed by atoms with Crippen molar-refractivity contribution >= 4 is 40.5 Å². The van der Waals surface area contributed by atoms with Crippen LogP contribution in [0.4, 0.5) is 11.4 Å². The Morgan fingerprint density at radius 2 is 2.12 bits per heavy atom. The Kier molecular flexibility index (Phi) is 2.95. The van der Waals surface area contributed by atoms with Crippen molar-refractivity contribution in [3.63, 3.8) is 0 Å². The number of hydrogen-bond acceptors (Lipinski definition) is 2. The van der Waals surface area contributed by atoms with Gasteiger partial charge in [-0.3, -0.25) is 4.79 Å². The van der Waals surface area contributed by atoms with Crippen LogP contribution in [-0.2, 0) is 4.79 Å². The quantitative estimate of drug-likeness (QED) is 0.781. The van der Waals surface area contributed by atoms with Crippen molar-refractivity contribution in [2.24, 2.45) is 0 Å². The molecule has 0 spiro atoms. The van der Waals surface area contributed by atoms with Gasteiger partial charge in [-0.05, 0) is 12.1 Å². The number of nitrogens with zero attached hydrogens (tertiary/aromatic N) is 1. The lowest BCUT2D eigenvalue weighted by atomic mass is 10.2. The summed E-state index contributed by atoms with van der Waals surface area (Å²) in [5, 5.41) is 3.57. The summed E-state index contributed by atoms with van der Waals surface area (Å²) in [4.78, 5) is 13.2. The van der Waals surface area contributed by atoms with E-state index in [0.29, 0.717) is 22.3 Å². The molecule has 0 aromatic heterocycles. The Morgan fingerprint density at radius 1 is 1.44 bits per heavy atom. The van der Waals surface area contributed by atoms with E-state index in [1.165, 1.54) is 0 Å². The minimum Gasteiger partial charge on any atom is -0.349 e. The number of nitrogens with one attached hydrogen (secondary N) is 1. The summed E-state index contributed by atoms with van der Waals surface area (Å²) in [6.45, 7) is 0.591. The summed E-state index contributed by atoms with van der Waals surface area (Å²) in [6, 6.07) is 3.33. The van der Waals surface area contributed by atoms with Crippen LogP contribution in [0.15, 0.2) is 12.1 Å². The first-order chi connectivity index (χ1) is 7.61. The van der Waals surface area contributed by atoms with Gasteiger partial charge in [0.2, 0.25) is 5.91 Å². The molecule has 1 aliphatic heterocycles. The van der Waals surface area contributed by atoms with E-state index in [9.17, 15) is 4.79 Å². The van der Waals surface area contributed by atoms with Crippen LogP contribution in [0, 0.1) is 12.3 Å². The molecule has 5 heteroatoms. The molecule has 16 heavy (non-hydrogen) atoms. The SMILES string of the molecule is C#CCN1CC(=O)Nc2cc(Cl)c(Cl)cc21. The molecule has 0 saturated carbocycles. The highest BCUT2D eigenvalue weighted by molar-refractivity contribution is 6.42. The van der Waals surface area contributed by atoms with Crippen LogP contribution in [0.2, 0.25) is 10.0 Å². The van der Waals surface area contributed by atoms with Gasteiger partial charge in [0.25, 0.3) is 0 Å². The number of hydrogen-bond donors (Lipinski definition) is 1. The number of carbonyl (C=O) groups is 1. The standard InChI is InChI=1S/C11H8Cl2N2O/c1-2-3-15-6-11(16)14-9-4-7(12)8(13)5-10(9)15/h1,4-5H,3,6H2,(H,14,16). The van der Waals surface area contributed by atoms with Crippen molar-refractivity contribution in [3.8, 4) is 12.3 Å². The number of amides is 1. The first-order valence-corrected chi connectivity index (χ1v) is 5.34. The molecule has 1 N–H and O–H groups in total. The molecule has 0 atom stereocenters. The van der Waals surface area contributed by atoms with Crippen molar-refractivity contribution in [1.82, 2.24) is 0 Å². The average molecular weight is 255 g/mol. The fourth-order valence-corrected chi connectivity index (χ4v) is 1.92. The molecule has 1 aliphatic rings. The smallest absolute Gasteiger partial charge is 0.243 e. The van der Waals surface area contributed by atoms with Gasteiger partial charge in [-0.1, -0.05) is 29.1 Å². The van der Waals surface area contributed by atoms with Crippen molar-refractivity contribution in [2.45, 2.75) is 0 Å². The minimum absolute atomic E-state index is 0.110. The molecular weight excluding hydrogens is 247 g/mol. The van der Waals surface area contributed by atoms with Crippen molar-refractivity contribution in [3.05, 3.63) is 22.2 Å². The Hall–Kier alpha value is -1.37. The third kappa shape index (κ3) is 1.95. The zero-order valence-electron chi connectivity index (χ0n) is 8.26. The van der Waals surface area contributed by atoms with E-state index in [1.807, 2.05) is 0 Å². The minimum atomic E-state index is -0.110. The van der Waals surface area contributed by atoms with Crippen LogP contribution in [0.25, 0.3) is 0 Å². The lowest BCUT2D eigenvalue weighted by Crippen LogP contribution is -2.38. The molecule has 1 aromatic rings. The van der Waals surface area contributed by atoms with Crippen molar-refractivity contribution < 1.29 is 4.79 Å². The second-order valence-electron chi connectivity index (χ2n) is 3.39. The second kappa shape index (κ2) is 4.25. The van der Waals surface area contributed by atoms with Crippen LogP contribution in [-0.4, -0.2) is 19.0 Å². The third-order valence-electron chi connectivity index (χ3n) is 2.27.